The Morgan fingerprint density at radius 3 is 2.63 bits per heavy atom. The predicted molar refractivity (Wildman–Crippen MR) is 77.6 cm³/mol. The van der Waals surface area contributed by atoms with Crippen molar-refractivity contribution >= 4 is 27.5 Å². The molecule has 0 atom stereocenters. The van der Waals surface area contributed by atoms with Crippen molar-refractivity contribution in [3.05, 3.63) is 51.7 Å². The second kappa shape index (κ2) is 6.21. The Kier molecular flexibility index (Phi) is 4.90. The molecule has 0 aliphatic carbocycles. The number of allylic oxidation sites excluding steroid dienone is 1. The minimum absolute atomic E-state index is 0.263. The molecule has 4 nitrogen and oxygen atoms in total. The number of hydrogen-bond acceptors (Lipinski definition) is 3. The van der Waals surface area contributed by atoms with E-state index in [1.165, 1.54) is 6.92 Å². The van der Waals surface area contributed by atoms with Gasteiger partial charge in [0.2, 0.25) is 0 Å². The van der Waals surface area contributed by atoms with Gasteiger partial charge in [0, 0.05) is 10.2 Å². The first kappa shape index (κ1) is 15.0. The van der Waals surface area contributed by atoms with Gasteiger partial charge < -0.3 is 10.4 Å². The summed E-state index contributed by atoms with van der Waals surface area (Å²) in [4.78, 5) is 11.9. The zero-order valence-electron chi connectivity index (χ0n) is 10.6. The quantitative estimate of drug-likeness (QED) is 0.387. The van der Waals surface area contributed by atoms with Crippen LogP contribution >= 0.6 is 15.9 Å². The first-order chi connectivity index (χ1) is 8.86. The molecule has 0 aromatic heterocycles. The molecule has 0 spiro atoms. The number of nitriles is 1. The zero-order chi connectivity index (χ0) is 14.6. The Bertz CT molecular complexity index is 612. The molecule has 19 heavy (non-hydrogen) atoms. The second-order valence-electron chi connectivity index (χ2n) is 4.03. The SMILES string of the molecule is C=C(C)C(O)=C(C#N)C(=O)Nc1ccc(Br)c(C)c1. The lowest BCUT2D eigenvalue weighted by Gasteiger charge is -2.07. The van der Waals surface area contributed by atoms with E-state index in [1.54, 1.807) is 24.3 Å². The van der Waals surface area contributed by atoms with Gasteiger partial charge in [-0.2, -0.15) is 5.26 Å². The van der Waals surface area contributed by atoms with Gasteiger partial charge in [-0.25, -0.2) is 0 Å². The van der Waals surface area contributed by atoms with Crippen LogP contribution in [0.2, 0.25) is 0 Å². The van der Waals surface area contributed by atoms with Crippen LogP contribution in [0.25, 0.3) is 0 Å². The molecule has 1 amide bonds. The van der Waals surface area contributed by atoms with Crippen molar-refractivity contribution in [2.75, 3.05) is 5.32 Å². The van der Waals surface area contributed by atoms with Crippen LogP contribution in [0, 0.1) is 18.3 Å². The van der Waals surface area contributed by atoms with E-state index in [9.17, 15) is 9.90 Å². The molecule has 0 radical (unpaired) electrons. The van der Waals surface area contributed by atoms with Crippen LogP contribution < -0.4 is 5.32 Å². The summed E-state index contributed by atoms with van der Waals surface area (Å²) in [5, 5.41) is 21.1. The maximum Gasteiger partial charge on any atom is 0.270 e. The fraction of sp³-hybridized carbons (Fsp3) is 0.143. The largest absolute Gasteiger partial charge is 0.506 e. The van der Waals surface area contributed by atoms with Crippen LogP contribution in [-0.2, 0) is 4.79 Å². The normalized spacial score (nSPS) is 11.3. The summed E-state index contributed by atoms with van der Waals surface area (Å²) in [5.74, 6) is -1.06. The van der Waals surface area contributed by atoms with Gasteiger partial charge in [-0.15, -0.1) is 0 Å². The monoisotopic (exact) mass is 320 g/mol. The van der Waals surface area contributed by atoms with Gasteiger partial charge in [0.05, 0.1) is 0 Å². The van der Waals surface area contributed by atoms with E-state index in [-0.39, 0.29) is 11.1 Å². The Labute approximate surface area is 120 Å². The van der Waals surface area contributed by atoms with E-state index in [0.717, 1.165) is 10.0 Å². The number of aliphatic hydroxyl groups excluding tert-OH is 1. The molecule has 1 aromatic rings. The Morgan fingerprint density at radius 1 is 1.53 bits per heavy atom. The number of carbonyl (C=O) groups excluding carboxylic acids is 1. The topological polar surface area (TPSA) is 73.1 Å². The summed E-state index contributed by atoms with van der Waals surface area (Å²) in [6.45, 7) is 6.89. The van der Waals surface area contributed by atoms with Crippen LogP contribution in [0.1, 0.15) is 12.5 Å². The van der Waals surface area contributed by atoms with Gasteiger partial charge in [0.1, 0.15) is 11.8 Å². The summed E-state index contributed by atoms with van der Waals surface area (Å²) in [5.41, 5.74) is 1.41. The lowest BCUT2D eigenvalue weighted by molar-refractivity contribution is -0.112. The number of benzene rings is 1. The van der Waals surface area contributed by atoms with Gasteiger partial charge in [-0.3, -0.25) is 4.79 Å². The highest BCUT2D eigenvalue weighted by Gasteiger charge is 2.15. The van der Waals surface area contributed by atoms with Crippen LogP contribution in [-0.4, -0.2) is 11.0 Å². The lowest BCUT2D eigenvalue weighted by atomic mass is 10.1. The number of hydrogen-bond donors (Lipinski definition) is 2. The third-order valence-corrected chi connectivity index (χ3v) is 3.29. The van der Waals surface area contributed by atoms with Gasteiger partial charge in [-0.05, 0) is 43.2 Å². The van der Waals surface area contributed by atoms with Gasteiger partial charge in [0.25, 0.3) is 5.91 Å². The first-order valence-corrected chi connectivity index (χ1v) is 6.22. The Morgan fingerprint density at radius 2 is 2.16 bits per heavy atom. The van der Waals surface area contributed by atoms with E-state index in [2.05, 4.69) is 27.8 Å². The van der Waals surface area contributed by atoms with Crippen LogP contribution in [0.4, 0.5) is 5.69 Å². The molecule has 0 aliphatic rings. The van der Waals surface area contributed by atoms with Crippen molar-refractivity contribution in [2.45, 2.75) is 13.8 Å². The summed E-state index contributed by atoms with van der Waals surface area (Å²) >= 11 is 3.35. The zero-order valence-corrected chi connectivity index (χ0v) is 12.2. The van der Waals surface area contributed by atoms with Crippen molar-refractivity contribution in [3.8, 4) is 6.07 Å². The molecular formula is C14H13BrN2O2. The van der Waals surface area contributed by atoms with Crippen LogP contribution in [0.15, 0.2) is 46.2 Å². The molecule has 0 aliphatic heterocycles. The van der Waals surface area contributed by atoms with Crippen molar-refractivity contribution in [1.82, 2.24) is 0 Å². The molecule has 2 N–H and O–H groups in total. The first-order valence-electron chi connectivity index (χ1n) is 5.43. The number of aliphatic hydroxyl groups is 1. The average Bonchev–Trinajstić information content (AvgIpc) is 2.34. The van der Waals surface area contributed by atoms with E-state index >= 15 is 0 Å². The minimum atomic E-state index is -0.662. The third kappa shape index (κ3) is 3.70. The summed E-state index contributed by atoms with van der Waals surface area (Å²) in [7, 11) is 0. The van der Waals surface area contributed by atoms with Crippen LogP contribution in [0.5, 0.6) is 0 Å². The lowest BCUT2D eigenvalue weighted by Crippen LogP contribution is -2.15. The number of aryl methyl sites for hydroxylation is 1. The molecule has 0 fully saturated rings. The molecular weight excluding hydrogens is 308 g/mol. The third-order valence-electron chi connectivity index (χ3n) is 2.40. The highest BCUT2D eigenvalue weighted by atomic mass is 79.9. The average molecular weight is 321 g/mol. The van der Waals surface area contributed by atoms with Crippen molar-refractivity contribution in [2.24, 2.45) is 0 Å². The van der Waals surface area contributed by atoms with Crippen molar-refractivity contribution < 1.29 is 9.90 Å². The molecule has 1 aromatic carbocycles. The maximum absolute atomic E-state index is 11.9. The van der Waals surface area contributed by atoms with Gasteiger partial charge in [0.15, 0.2) is 5.57 Å². The van der Waals surface area contributed by atoms with E-state index < -0.39 is 11.7 Å². The highest BCUT2D eigenvalue weighted by Crippen LogP contribution is 2.21. The number of nitrogens with one attached hydrogen (secondary N) is 1. The Balaban J connectivity index is 3.02. The van der Waals surface area contributed by atoms with Crippen molar-refractivity contribution in [3.63, 3.8) is 0 Å². The molecule has 0 saturated heterocycles. The molecule has 0 bridgehead atoms. The second-order valence-corrected chi connectivity index (χ2v) is 4.89. The van der Waals surface area contributed by atoms with E-state index in [1.807, 2.05) is 6.92 Å². The fourth-order valence-electron chi connectivity index (χ4n) is 1.34. The number of amides is 1. The van der Waals surface area contributed by atoms with Crippen molar-refractivity contribution in [1.29, 1.82) is 5.26 Å². The minimum Gasteiger partial charge on any atom is -0.506 e. The fourth-order valence-corrected chi connectivity index (χ4v) is 1.59. The summed E-state index contributed by atoms with van der Waals surface area (Å²) in [6.07, 6.45) is 0. The highest BCUT2D eigenvalue weighted by molar-refractivity contribution is 9.10. The molecule has 1 rings (SSSR count). The number of halogens is 1. The molecule has 98 valence electrons. The summed E-state index contributed by atoms with van der Waals surface area (Å²) < 4.78 is 0.923. The number of anilines is 1. The molecule has 0 heterocycles. The molecule has 0 unspecified atom stereocenters. The number of rotatable bonds is 3. The van der Waals surface area contributed by atoms with E-state index in [4.69, 9.17) is 5.26 Å². The molecule has 5 heteroatoms. The Hall–Kier alpha value is -2.06. The van der Waals surface area contributed by atoms with E-state index in [0.29, 0.717) is 5.69 Å². The van der Waals surface area contributed by atoms with Gasteiger partial charge >= 0.3 is 0 Å². The standard InChI is InChI=1S/C14H13BrN2O2/c1-8(2)13(18)11(7-16)14(19)17-10-4-5-12(15)9(3)6-10/h4-6,18H,1H2,2-3H3,(H,17,19). The number of carbonyl (C=O) groups is 1. The predicted octanol–water partition coefficient (Wildman–Crippen LogP) is 3.61. The number of nitrogens with zero attached hydrogens (tertiary/aromatic N) is 1. The summed E-state index contributed by atoms with van der Waals surface area (Å²) in [6, 6.07) is 6.92. The van der Waals surface area contributed by atoms with Gasteiger partial charge in [-0.1, -0.05) is 22.5 Å². The maximum atomic E-state index is 11.9. The van der Waals surface area contributed by atoms with Crippen LogP contribution in [0.3, 0.4) is 0 Å². The smallest absolute Gasteiger partial charge is 0.270 e. The molecule has 0 saturated carbocycles.